The first-order valence-electron chi connectivity index (χ1n) is 8.47. The summed E-state index contributed by atoms with van der Waals surface area (Å²) >= 11 is 0. The van der Waals surface area contributed by atoms with Crippen molar-refractivity contribution in [2.45, 2.75) is 12.0 Å². The van der Waals surface area contributed by atoms with Gasteiger partial charge in [0.15, 0.2) is 0 Å². The summed E-state index contributed by atoms with van der Waals surface area (Å²) in [5, 5.41) is 11.7. The number of alkyl carbamates (subject to hydrolysis) is 1. The van der Waals surface area contributed by atoms with Crippen LogP contribution in [-0.2, 0) is 9.53 Å². The Hall–Kier alpha value is -2.86. The highest BCUT2D eigenvalue weighted by Gasteiger charge is 2.29. The van der Waals surface area contributed by atoms with E-state index in [2.05, 4.69) is 17.4 Å². The van der Waals surface area contributed by atoms with Crippen LogP contribution in [0.2, 0.25) is 0 Å². The summed E-state index contributed by atoms with van der Waals surface area (Å²) in [4.78, 5) is 24.7. The van der Waals surface area contributed by atoms with Crippen LogP contribution in [0, 0.1) is 0 Å². The number of carbonyl (C=O) groups excluding carboxylic acids is 1. The van der Waals surface area contributed by atoms with Gasteiger partial charge in [-0.1, -0.05) is 48.5 Å². The predicted molar refractivity (Wildman–Crippen MR) is 98.2 cm³/mol. The van der Waals surface area contributed by atoms with Crippen LogP contribution in [0.1, 0.15) is 17.0 Å². The molecule has 1 amide bonds. The molecular weight excluding hydrogens is 332 g/mol. The summed E-state index contributed by atoms with van der Waals surface area (Å²) in [6, 6.07) is 15.4. The zero-order chi connectivity index (χ0) is 18.7. The maximum Gasteiger partial charge on any atom is 0.407 e. The minimum atomic E-state index is -0.992. The zero-order valence-corrected chi connectivity index (χ0v) is 14.8. The van der Waals surface area contributed by atoms with Gasteiger partial charge in [0.1, 0.15) is 12.6 Å². The number of nitrogens with one attached hydrogen (secondary N) is 1. The molecule has 3 rings (SSSR count). The quantitative estimate of drug-likeness (QED) is 0.833. The fourth-order valence-corrected chi connectivity index (χ4v) is 3.32. The number of carboxylic acid groups (broad SMARTS) is 1. The minimum Gasteiger partial charge on any atom is -0.480 e. The average Bonchev–Trinajstić information content (AvgIpc) is 2.93. The molecular formula is C20H22N2O4. The van der Waals surface area contributed by atoms with Crippen LogP contribution < -0.4 is 5.32 Å². The third kappa shape index (κ3) is 3.55. The Bertz CT molecular complexity index is 773. The summed E-state index contributed by atoms with van der Waals surface area (Å²) in [7, 11) is 3.30. The summed E-state index contributed by atoms with van der Waals surface area (Å²) < 4.78 is 5.39. The number of fused-ring (bicyclic) bond motifs is 3. The van der Waals surface area contributed by atoms with Crippen LogP contribution in [-0.4, -0.2) is 55.4 Å². The Kier molecular flexibility index (Phi) is 5.23. The lowest BCUT2D eigenvalue weighted by molar-refractivity contribution is -0.142. The fraction of sp³-hybridized carbons (Fsp3) is 0.300. The van der Waals surface area contributed by atoms with Crippen LogP contribution in [0.4, 0.5) is 4.79 Å². The molecule has 6 heteroatoms. The van der Waals surface area contributed by atoms with Crippen molar-refractivity contribution in [2.24, 2.45) is 0 Å². The number of ether oxygens (including phenoxy) is 1. The molecule has 0 fully saturated rings. The molecule has 0 heterocycles. The maximum absolute atomic E-state index is 12.0. The number of rotatable bonds is 6. The second-order valence-electron chi connectivity index (χ2n) is 6.52. The second kappa shape index (κ2) is 7.58. The van der Waals surface area contributed by atoms with Gasteiger partial charge >= 0.3 is 12.1 Å². The Morgan fingerprint density at radius 3 is 2.12 bits per heavy atom. The molecule has 26 heavy (non-hydrogen) atoms. The average molecular weight is 354 g/mol. The standard InChI is InChI=1S/C20H22N2O4/c1-22(2)18(19(23)24)11-21-20(25)26-12-17-15-9-5-3-7-13(15)14-8-4-6-10-16(14)17/h3-10,17-18H,11-12H2,1-2H3,(H,21,25)(H,23,24)/t18-/m0/s1. The predicted octanol–water partition coefficient (Wildman–Crippen LogP) is 2.54. The molecule has 0 saturated carbocycles. The van der Waals surface area contributed by atoms with Crippen molar-refractivity contribution in [1.29, 1.82) is 0 Å². The zero-order valence-electron chi connectivity index (χ0n) is 14.8. The number of amides is 1. The van der Waals surface area contributed by atoms with Gasteiger partial charge in [0.25, 0.3) is 0 Å². The van der Waals surface area contributed by atoms with Crippen molar-refractivity contribution in [1.82, 2.24) is 10.2 Å². The van der Waals surface area contributed by atoms with E-state index < -0.39 is 18.1 Å². The Morgan fingerprint density at radius 1 is 1.08 bits per heavy atom. The number of likely N-dealkylation sites (N-methyl/N-ethyl adjacent to an activating group) is 1. The van der Waals surface area contributed by atoms with Crippen molar-refractivity contribution < 1.29 is 19.4 Å². The van der Waals surface area contributed by atoms with Crippen LogP contribution in [0.3, 0.4) is 0 Å². The molecule has 2 aromatic carbocycles. The number of carbonyl (C=O) groups is 2. The molecule has 1 atom stereocenters. The van der Waals surface area contributed by atoms with Crippen molar-refractivity contribution in [3.8, 4) is 11.1 Å². The smallest absolute Gasteiger partial charge is 0.407 e. The van der Waals surface area contributed by atoms with Crippen LogP contribution >= 0.6 is 0 Å². The maximum atomic E-state index is 12.0. The van der Waals surface area contributed by atoms with Gasteiger partial charge in [-0.05, 0) is 36.3 Å². The summed E-state index contributed by atoms with van der Waals surface area (Å²) in [5.74, 6) is -1.01. The number of benzene rings is 2. The summed E-state index contributed by atoms with van der Waals surface area (Å²) in [6.45, 7) is 0.193. The molecule has 0 radical (unpaired) electrons. The second-order valence-corrected chi connectivity index (χ2v) is 6.52. The molecule has 0 spiro atoms. The van der Waals surface area contributed by atoms with Gasteiger partial charge in [0, 0.05) is 12.5 Å². The van der Waals surface area contributed by atoms with E-state index in [-0.39, 0.29) is 19.1 Å². The lowest BCUT2D eigenvalue weighted by Gasteiger charge is -2.20. The molecule has 0 aromatic heterocycles. The van der Waals surface area contributed by atoms with Gasteiger partial charge < -0.3 is 15.2 Å². The first kappa shape index (κ1) is 17.9. The molecule has 6 nitrogen and oxygen atoms in total. The molecule has 0 aliphatic heterocycles. The Morgan fingerprint density at radius 2 is 1.62 bits per heavy atom. The van der Waals surface area contributed by atoms with Gasteiger partial charge in [0.05, 0.1) is 0 Å². The topological polar surface area (TPSA) is 78.9 Å². The molecule has 0 saturated heterocycles. The van der Waals surface area contributed by atoms with E-state index in [0.29, 0.717) is 0 Å². The van der Waals surface area contributed by atoms with Crippen molar-refractivity contribution in [2.75, 3.05) is 27.2 Å². The van der Waals surface area contributed by atoms with E-state index in [1.165, 1.54) is 4.90 Å². The van der Waals surface area contributed by atoms with E-state index >= 15 is 0 Å². The number of aliphatic carboxylic acids is 1. The van der Waals surface area contributed by atoms with Crippen LogP contribution in [0.25, 0.3) is 11.1 Å². The SMILES string of the molecule is CN(C)[C@@H](CNC(=O)OCC1c2ccccc2-c2ccccc21)C(=O)O. The lowest BCUT2D eigenvalue weighted by atomic mass is 9.98. The molecule has 2 N–H and O–H groups in total. The molecule has 136 valence electrons. The highest BCUT2D eigenvalue weighted by atomic mass is 16.5. The third-order valence-corrected chi connectivity index (χ3v) is 4.69. The van der Waals surface area contributed by atoms with Gasteiger partial charge in [-0.2, -0.15) is 0 Å². The fourth-order valence-electron chi connectivity index (χ4n) is 3.32. The summed E-state index contributed by atoms with van der Waals surface area (Å²) in [6.07, 6.45) is -0.611. The third-order valence-electron chi connectivity index (χ3n) is 4.69. The van der Waals surface area contributed by atoms with E-state index in [4.69, 9.17) is 9.84 Å². The Labute approximate surface area is 152 Å². The van der Waals surface area contributed by atoms with E-state index in [1.807, 2.05) is 36.4 Å². The number of carboxylic acids is 1. The summed E-state index contributed by atoms with van der Waals surface area (Å²) in [5.41, 5.74) is 4.60. The van der Waals surface area contributed by atoms with Crippen molar-refractivity contribution in [3.63, 3.8) is 0 Å². The number of hydrogen-bond acceptors (Lipinski definition) is 4. The molecule has 1 aliphatic carbocycles. The van der Waals surface area contributed by atoms with E-state index in [1.54, 1.807) is 14.1 Å². The molecule has 0 bridgehead atoms. The van der Waals surface area contributed by atoms with Gasteiger partial charge in [-0.15, -0.1) is 0 Å². The molecule has 1 aliphatic rings. The Balaban J connectivity index is 1.65. The van der Waals surface area contributed by atoms with E-state index in [9.17, 15) is 9.59 Å². The van der Waals surface area contributed by atoms with Gasteiger partial charge in [-0.25, -0.2) is 4.79 Å². The normalized spacial score (nSPS) is 13.8. The highest BCUT2D eigenvalue weighted by molar-refractivity contribution is 5.79. The van der Waals surface area contributed by atoms with Crippen LogP contribution in [0.15, 0.2) is 48.5 Å². The molecule has 0 unspecified atom stereocenters. The van der Waals surface area contributed by atoms with Crippen molar-refractivity contribution >= 4 is 12.1 Å². The number of nitrogens with zero attached hydrogens (tertiary/aromatic N) is 1. The van der Waals surface area contributed by atoms with Gasteiger partial charge in [-0.3, -0.25) is 9.69 Å². The number of hydrogen-bond donors (Lipinski definition) is 2. The van der Waals surface area contributed by atoms with E-state index in [0.717, 1.165) is 22.3 Å². The van der Waals surface area contributed by atoms with Gasteiger partial charge in [0.2, 0.25) is 0 Å². The minimum absolute atomic E-state index is 0.0149. The monoisotopic (exact) mass is 354 g/mol. The highest BCUT2D eigenvalue weighted by Crippen LogP contribution is 2.44. The first-order valence-corrected chi connectivity index (χ1v) is 8.47. The van der Waals surface area contributed by atoms with Crippen molar-refractivity contribution in [3.05, 3.63) is 59.7 Å². The first-order chi connectivity index (χ1) is 12.5. The lowest BCUT2D eigenvalue weighted by Crippen LogP contribution is -2.45. The molecule has 2 aromatic rings. The van der Waals surface area contributed by atoms with Crippen LogP contribution in [0.5, 0.6) is 0 Å². The largest absolute Gasteiger partial charge is 0.480 e.